The van der Waals surface area contributed by atoms with Crippen molar-refractivity contribution >= 4 is 17.8 Å². The van der Waals surface area contributed by atoms with Crippen LogP contribution in [-0.2, 0) is 14.4 Å². The summed E-state index contributed by atoms with van der Waals surface area (Å²) in [5.74, 6) is -0.476. The van der Waals surface area contributed by atoms with Crippen LogP contribution in [0.5, 0.6) is 0 Å². The first-order chi connectivity index (χ1) is 13.8. The maximum atomic E-state index is 12.5. The number of carbonyl (C=O) groups is 3. The molecule has 0 spiro atoms. The summed E-state index contributed by atoms with van der Waals surface area (Å²) in [6, 6.07) is -0.188. The summed E-state index contributed by atoms with van der Waals surface area (Å²) in [6.45, 7) is 13.9. The molecule has 30 heavy (non-hydrogen) atoms. The predicted octanol–water partition coefficient (Wildman–Crippen LogP) is 3.15. The van der Waals surface area contributed by atoms with Gasteiger partial charge in [0, 0.05) is 18.7 Å². The lowest BCUT2D eigenvalue weighted by atomic mass is 9.97. The number of nitrogens with zero attached hydrogens (tertiary/aromatic N) is 2. The molecule has 0 aromatic rings. The van der Waals surface area contributed by atoms with E-state index < -0.39 is 5.97 Å². The molecule has 1 fully saturated rings. The second-order valence-corrected chi connectivity index (χ2v) is 9.31. The van der Waals surface area contributed by atoms with Crippen molar-refractivity contribution in [3.63, 3.8) is 0 Å². The molecule has 174 valence electrons. The molecule has 2 amide bonds. The van der Waals surface area contributed by atoms with Gasteiger partial charge in [-0.1, -0.05) is 40.7 Å². The molecule has 1 rings (SSSR count). The number of carboxylic acid groups (broad SMARTS) is 1. The molecule has 7 nitrogen and oxygen atoms in total. The highest BCUT2D eigenvalue weighted by atomic mass is 16.4. The van der Waals surface area contributed by atoms with E-state index >= 15 is 0 Å². The topological polar surface area (TPSA) is 90.0 Å². The molecule has 0 radical (unpaired) electrons. The zero-order valence-corrected chi connectivity index (χ0v) is 20.4. The number of hydrogen-bond acceptors (Lipinski definition) is 4. The number of amides is 2. The minimum absolute atomic E-state index is 0.0549. The summed E-state index contributed by atoms with van der Waals surface area (Å²) in [5.41, 5.74) is 0.199. The van der Waals surface area contributed by atoms with E-state index in [9.17, 15) is 14.4 Å². The minimum atomic E-state index is -1.00. The molecule has 1 saturated heterocycles. The van der Waals surface area contributed by atoms with Crippen molar-refractivity contribution in [2.45, 2.75) is 85.9 Å². The third-order valence-corrected chi connectivity index (χ3v) is 5.28. The lowest BCUT2D eigenvalue weighted by Crippen LogP contribution is -2.53. The number of hydrogen-bond donors (Lipinski definition) is 2. The van der Waals surface area contributed by atoms with Gasteiger partial charge in [-0.3, -0.25) is 14.5 Å². The van der Waals surface area contributed by atoms with Gasteiger partial charge in [-0.25, -0.2) is 4.79 Å². The zero-order chi connectivity index (χ0) is 23.6. The van der Waals surface area contributed by atoms with Crippen LogP contribution in [0.25, 0.3) is 0 Å². The van der Waals surface area contributed by atoms with Crippen molar-refractivity contribution in [3.8, 4) is 0 Å². The van der Waals surface area contributed by atoms with Crippen molar-refractivity contribution in [1.82, 2.24) is 15.1 Å². The number of carboxylic acids is 1. The zero-order valence-electron chi connectivity index (χ0n) is 20.4. The molecule has 0 bridgehead atoms. The largest absolute Gasteiger partial charge is 0.478 e. The normalized spacial score (nSPS) is 21.0. The highest BCUT2D eigenvalue weighted by Crippen LogP contribution is 2.21. The SMILES string of the molecule is C/C(=C\[C@H](C(C)C)N(C)C(=O)CNC(=O)C1CCCC(C)N1C)C(=O)O.CC(C)C. The van der Waals surface area contributed by atoms with Crippen LogP contribution in [0, 0.1) is 11.8 Å². The molecule has 2 N–H and O–H groups in total. The molecule has 0 saturated carbocycles. The second-order valence-electron chi connectivity index (χ2n) is 9.31. The van der Waals surface area contributed by atoms with E-state index in [4.69, 9.17) is 5.11 Å². The third-order valence-electron chi connectivity index (χ3n) is 5.28. The maximum Gasteiger partial charge on any atom is 0.331 e. The standard InChI is InChI=1S/C19H33N3O4.C4H10/c1-12(2)16(10-13(3)19(25)26)22(6)17(23)11-20-18(24)15-9-7-8-14(4)21(15)5;1-4(2)3/h10,12,14-16H,7-9,11H2,1-6H3,(H,20,24)(H,25,26);4H,1-3H3/b13-10+;/t14?,15?,16-;/m1./s1. The molecular weight excluding hydrogens is 382 g/mol. The first-order valence-corrected chi connectivity index (χ1v) is 11.0. The lowest BCUT2D eigenvalue weighted by molar-refractivity contribution is -0.135. The van der Waals surface area contributed by atoms with Crippen molar-refractivity contribution < 1.29 is 19.5 Å². The molecule has 1 aliphatic heterocycles. The molecular formula is C23H43N3O4. The smallest absolute Gasteiger partial charge is 0.331 e. The van der Waals surface area contributed by atoms with E-state index in [1.54, 1.807) is 13.1 Å². The van der Waals surface area contributed by atoms with E-state index in [-0.39, 0.29) is 41.9 Å². The monoisotopic (exact) mass is 425 g/mol. The number of nitrogens with one attached hydrogen (secondary N) is 1. The molecule has 1 heterocycles. The molecule has 0 aromatic carbocycles. The van der Waals surface area contributed by atoms with Crippen LogP contribution in [0.1, 0.15) is 67.7 Å². The Bertz CT molecular complexity index is 599. The molecule has 0 aliphatic carbocycles. The number of aliphatic carboxylic acids is 1. The quantitative estimate of drug-likeness (QED) is 0.612. The van der Waals surface area contributed by atoms with Gasteiger partial charge >= 0.3 is 5.97 Å². The average Bonchev–Trinajstić information content (AvgIpc) is 2.64. The Labute approximate surface area is 182 Å². The Kier molecular flexibility index (Phi) is 12.6. The van der Waals surface area contributed by atoms with Crippen LogP contribution in [-0.4, -0.2) is 71.5 Å². The van der Waals surface area contributed by atoms with Crippen molar-refractivity contribution in [2.24, 2.45) is 11.8 Å². The number of likely N-dealkylation sites (tertiary alicyclic amines) is 1. The fourth-order valence-corrected chi connectivity index (χ4v) is 3.29. The third kappa shape index (κ3) is 9.74. The first-order valence-electron chi connectivity index (χ1n) is 11.0. The summed E-state index contributed by atoms with van der Waals surface area (Å²) in [6.07, 6.45) is 4.47. The van der Waals surface area contributed by atoms with Gasteiger partial charge in [-0.2, -0.15) is 0 Å². The fraction of sp³-hybridized carbons (Fsp3) is 0.783. The average molecular weight is 426 g/mol. The van der Waals surface area contributed by atoms with Crippen LogP contribution in [0.3, 0.4) is 0 Å². The van der Waals surface area contributed by atoms with Crippen molar-refractivity contribution in [3.05, 3.63) is 11.6 Å². The summed E-state index contributed by atoms with van der Waals surface area (Å²) in [7, 11) is 3.58. The Balaban J connectivity index is 0.00000192. The number of rotatable bonds is 7. The van der Waals surface area contributed by atoms with Gasteiger partial charge in [-0.05, 0) is 52.0 Å². The number of carbonyl (C=O) groups excluding carboxylic acids is 2. The van der Waals surface area contributed by atoms with E-state index in [2.05, 4.69) is 37.9 Å². The lowest BCUT2D eigenvalue weighted by Gasteiger charge is -2.37. The Morgan fingerprint density at radius 2 is 1.70 bits per heavy atom. The van der Waals surface area contributed by atoms with Crippen LogP contribution >= 0.6 is 0 Å². The highest BCUT2D eigenvalue weighted by Gasteiger charge is 2.30. The van der Waals surface area contributed by atoms with Crippen LogP contribution in [0.4, 0.5) is 0 Å². The van der Waals surface area contributed by atoms with Crippen molar-refractivity contribution in [1.29, 1.82) is 0 Å². The van der Waals surface area contributed by atoms with Crippen molar-refractivity contribution in [2.75, 3.05) is 20.6 Å². The molecule has 3 atom stereocenters. The summed E-state index contributed by atoms with van der Waals surface area (Å²) in [4.78, 5) is 39.6. The fourth-order valence-electron chi connectivity index (χ4n) is 3.29. The molecule has 7 heteroatoms. The summed E-state index contributed by atoms with van der Waals surface area (Å²) >= 11 is 0. The van der Waals surface area contributed by atoms with Crippen LogP contribution in [0.2, 0.25) is 0 Å². The number of piperidine rings is 1. The molecule has 2 unspecified atom stereocenters. The summed E-state index contributed by atoms with van der Waals surface area (Å²) < 4.78 is 0. The Hall–Kier alpha value is -1.89. The van der Waals surface area contributed by atoms with Gasteiger partial charge in [0.1, 0.15) is 0 Å². The first kappa shape index (κ1) is 28.1. The minimum Gasteiger partial charge on any atom is -0.478 e. The van der Waals surface area contributed by atoms with Gasteiger partial charge in [0.05, 0.1) is 18.6 Å². The van der Waals surface area contributed by atoms with Gasteiger partial charge in [0.2, 0.25) is 11.8 Å². The van der Waals surface area contributed by atoms with E-state index in [0.29, 0.717) is 6.04 Å². The van der Waals surface area contributed by atoms with E-state index in [1.165, 1.54) is 11.8 Å². The summed E-state index contributed by atoms with van der Waals surface area (Å²) in [5, 5.41) is 11.8. The molecule has 0 aromatic heterocycles. The highest BCUT2D eigenvalue weighted by molar-refractivity contribution is 5.88. The van der Waals surface area contributed by atoms with Gasteiger partial charge in [0.15, 0.2) is 0 Å². The van der Waals surface area contributed by atoms with Gasteiger partial charge < -0.3 is 15.3 Å². The molecule has 1 aliphatic rings. The Morgan fingerprint density at radius 1 is 1.17 bits per heavy atom. The van der Waals surface area contributed by atoms with E-state index in [1.807, 2.05) is 20.9 Å². The maximum absolute atomic E-state index is 12.5. The number of likely N-dealkylation sites (N-methyl/N-ethyl adjacent to an activating group) is 2. The van der Waals surface area contributed by atoms with Crippen LogP contribution < -0.4 is 5.32 Å². The Morgan fingerprint density at radius 3 is 2.17 bits per heavy atom. The van der Waals surface area contributed by atoms with Crippen LogP contribution in [0.15, 0.2) is 11.6 Å². The van der Waals surface area contributed by atoms with Gasteiger partial charge in [-0.15, -0.1) is 0 Å². The second kappa shape index (κ2) is 13.4. The van der Waals surface area contributed by atoms with E-state index in [0.717, 1.165) is 25.2 Å². The van der Waals surface area contributed by atoms with Gasteiger partial charge in [0.25, 0.3) is 0 Å². The predicted molar refractivity (Wildman–Crippen MR) is 121 cm³/mol.